The zero-order valence-corrected chi connectivity index (χ0v) is 7.17. The van der Waals surface area contributed by atoms with Crippen LogP contribution in [0.3, 0.4) is 0 Å². The lowest BCUT2D eigenvalue weighted by molar-refractivity contribution is -0.386. The third kappa shape index (κ3) is 2.48. The van der Waals surface area contributed by atoms with Gasteiger partial charge in [-0.1, -0.05) is 0 Å². The third-order valence-corrected chi connectivity index (χ3v) is 1.60. The van der Waals surface area contributed by atoms with Crippen molar-refractivity contribution in [2.45, 2.75) is 19.4 Å². The number of pyridine rings is 1. The first kappa shape index (κ1) is 9.60. The summed E-state index contributed by atoms with van der Waals surface area (Å²) in [5.74, 6) is 0. The predicted octanol–water partition coefficient (Wildman–Crippen LogP) is 0.913. The molecule has 1 N–H and O–H groups in total. The number of hydrogen-bond donors (Lipinski definition) is 1. The molecule has 0 aliphatic heterocycles. The number of nitro groups is 1. The van der Waals surface area contributed by atoms with Crippen molar-refractivity contribution in [1.82, 2.24) is 4.98 Å². The van der Waals surface area contributed by atoms with E-state index in [0.717, 1.165) is 0 Å². The summed E-state index contributed by atoms with van der Waals surface area (Å²) in [4.78, 5) is 13.6. The Morgan fingerprint density at radius 1 is 1.77 bits per heavy atom. The fourth-order valence-electron chi connectivity index (χ4n) is 1.07. The van der Waals surface area contributed by atoms with E-state index in [2.05, 4.69) is 4.98 Å². The number of hydrogen-bond acceptors (Lipinski definition) is 4. The molecule has 0 aliphatic rings. The number of aliphatic hydroxyl groups is 1. The number of aromatic nitrogens is 1. The van der Waals surface area contributed by atoms with Crippen molar-refractivity contribution in [3.05, 3.63) is 34.1 Å². The fraction of sp³-hybridized carbons (Fsp3) is 0.375. The lowest BCUT2D eigenvalue weighted by atomic mass is 10.1. The van der Waals surface area contributed by atoms with Gasteiger partial charge >= 0.3 is 0 Å². The van der Waals surface area contributed by atoms with Gasteiger partial charge in [0.05, 0.1) is 11.0 Å². The molecular weight excluding hydrogens is 172 g/mol. The Morgan fingerprint density at radius 2 is 2.46 bits per heavy atom. The van der Waals surface area contributed by atoms with Crippen molar-refractivity contribution in [2.75, 3.05) is 0 Å². The summed E-state index contributed by atoms with van der Waals surface area (Å²) in [7, 11) is 0. The Morgan fingerprint density at radius 3 is 3.00 bits per heavy atom. The smallest absolute Gasteiger partial charge is 0.290 e. The van der Waals surface area contributed by atoms with Crippen molar-refractivity contribution < 1.29 is 10.0 Å². The number of nitrogens with zero attached hydrogens (tertiary/aromatic N) is 2. The van der Waals surface area contributed by atoms with Crippen LogP contribution in [0.15, 0.2) is 18.5 Å². The molecule has 1 aromatic rings. The van der Waals surface area contributed by atoms with Crippen LogP contribution in [0.5, 0.6) is 0 Å². The molecule has 5 heteroatoms. The first-order valence-electron chi connectivity index (χ1n) is 3.86. The molecule has 1 rings (SSSR count). The summed E-state index contributed by atoms with van der Waals surface area (Å²) in [6.07, 6.45) is 2.36. The van der Waals surface area contributed by atoms with Gasteiger partial charge in [0.2, 0.25) is 0 Å². The molecule has 0 aliphatic carbocycles. The first-order chi connectivity index (χ1) is 6.11. The molecule has 70 valence electrons. The van der Waals surface area contributed by atoms with E-state index in [9.17, 15) is 10.1 Å². The van der Waals surface area contributed by atoms with Gasteiger partial charge in [0.15, 0.2) is 0 Å². The summed E-state index contributed by atoms with van der Waals surface area (Å²) < 4.78 is 0. The van der Waals surface area contributed by atoms with Gasteiger partial charge in [-0.15, -0.1) is 0 Å². The molecular formula is C8H10N2O3. The average molecular weight is 182 g/mol. The van der Waals surface area contributed by atoms with Gasteiger partial charge < -0.3 is 5.11 Å². The van der Waals surface area contributed by atoms with Gasteiger partial charge in [0, 0.05) is 18.2 Å². The van der Waals surface area contributed by atoms with E-state index in [4.69, 9.17) is 5.11 Å². The molecule has 1 aromatic heterocycles. The summed E-state index contributed by atoms with van der Waals surface area (Å²) in [5, 5.41) is 19.6. The standard InChI is InChI=1S/C8H10N2O3/c1-6(11)4-7-2-3-9-5-8(7)10(12)13/h2-3,5-6,11H,4H2,1H3. The molecule has 1 unspecified atom stereocenters. The molecule has 0 saturated heterocycles. The van der Waals surface area contributed by atoms with E-state index in [0.29, 0.717) is 5.56 Å². The van der Waals surface area contributed by atoms with Crippen LogP contribution in [-0.4, -0.2) is 21.1 Å². The minimum Gasteiger partial charge on any atom is -0.393 e. The predicted molar refractivity (Wildman–Crippen MR) is 46.3 cm³/mol. The Balaban J connectivity index is 2.98. The van der Waals surface area contributed by atoms with Crippen molar-refractivity contribution >= 4 is 5.69 Å². The Bertz CT molecular complexity index is 312. The van der Waals surface area contributed by atoms with Crippen LogP contribution in [0.2, 0.25) is 0 Å². The molecule has 1 atom stereocenters. The first-order valence-corrected chi connectivity index (χ1v) is 3.86. The average Bonchev–Trinajstić information content (AvgIpc) is 2.03. The van der Waals surface area contributed by atoms with Crippen LogP contribution in [-0.2, 0) is 6.42 Å². The molecule has 0 radical (unpaired) electrons. The molecule has 1 heterocycles. The van der Waals surface area contributed by atoms with Crippen LogP contribution in [0.1, 0.15) is 12.5 Å². The van der Waals surface area contributed by atoms with E-state index in [1.165, 1.54) is 12.4 Å². The highest BCUT2D eigenvalue weighted by atomic mass is 16.6. The largest absolute Gasteiger partial charge is 0.393 e. The number of aliphatic hydroxyl groups excluding tert-OH is 1. The molecule has 0 bridgehead atoms. The summed E-state index contributed by atoms with van der Waals surface area (Å²) in [6, 6.07) is 1.55. The zero-order valence-electron chi connectivity index (χ0n) is 7.17. The molecule has 0 spiro atoms. The van der Waals surface area contributed by atoms with Crippen molar-refractivity contribution in [1.29, 1.82) is 0 Å². The quantitative estimate of drug-likeness (QED) is 0.556. The normalized spacial score (nSPS) is 12.5. The molecule has 0 saturated carbocycles. The Labute approximate surface area is 75.2 Å². The van der Waals surface area contributed by atoms with Crippen LogP contribution in [0.25, 0.3) is 0 Å². The topological polar surface area (TPSA) is 76.3 Å². The summed E-state index contributed by atoms with van der Waals surface area (Å²) >= 11 is 0. The second-order valence-corrected chi connectivity index (χ2v) is 2.81. The van der Waals surface area contributed by atoms with E-state index in [1.54, 1.807) is 13.0 Å². The van der Waals surface area contributed by atoms with Crippen LogP contribution in [0.4, 0.5) is 5.69 Å². The monoisotopic (exact) mass is 182 g/mol. The van der Waals surface area contributed by atoms with E-state index in [1.807, 2.05) is 0 Å². The molecule has 0 amide bonds. The van der Waals surface area contributed by atoms with Crippen LogP contribution >= 0.6 is 0 Å². The third-order valence-electron chi connectivity index (χ3n) is 1.60. The molecule has 13 heavy (non-hydrogen) atoms. The van der Waals surface area contributed by atoms with Gasteiger partial charge in [-0.25, -0.2) is 0 Å². The van der Waals surface area contributed by atoms with Gasteiger partial charge in [-0.05, 0) is 13.0 Å². The van der Waals surface area contributed by atoms with E-state index < -0.39 is 11.0 Å². The van der Waals surface area contributed by atoms with Gasteiger partial charge in [0.25, 0.3) is 5.69 Å². The van der Waals surface area contributed by atoms with Crippen molar-refractivity contribution in [3.63, 3.8) is 0 Å². The second-order valence-electron chi connectivity index (χ2n) is 2.81. The maximum Gasteiger partial charge on any atom is 0.290 e. The minimum atomic E-state index is -0.582. The highest BCUT2D eigenvalue weighted by Crippen LogP contribution is 2.17. The Kier molecular flexibility index (Phi) is 2.92. The van der Waals surface area contributed by atoms with E-state index in [-0.39, 0.29) is 12.1 Å². The second kappa shape index (κ2) is 3.95. The van der Waals surface area contributed by atoms with Crippen LogP contribution in [0, 0.1) is 10.1 Å². The van der Waals surface area contributed by atoms with Crippen molar-refractivity contribution in [3.8, 4) is 0 Å². The van der Waals surface area contributed by atoms with E-state index >= 15 is 0 Å². The van der Waals surface area contributed by atoms with Crippen LogP contribution < -0.4 is 0 Å². The highest BCUT2D eigenvalue weighted by Gasteiger charge is 2.14. The number of rotatable bonds is 3. The molecule has 0 aromatic carbocycles. The zero-order chi connectivity index (χ0) is 9.84. The SMILES string of the molecule is CC(O)Cc1ccncc1[N+](=O)[O-]. The molecule has 0 fully saturated rings. The van der Waals surface area contributed by atoms with Crippen molar-refractivity contribution in [2.24, 2.45) is 0 Å². The lowest BCUT2D eigenvalue weighted by Crippen LogP contribution is -2.06. The molecule has 5 nitrogen and oxygen atoms in total. The Hall–Kier alpha value is -1.49. The minimum absolute atomic E-state index is 0.0385. The van der Waals surface area contributed by atoms with Gasteiger partial charge in [-0.2, -0.15) is 0 Å². The lowest BCUT2D eigenvalue weighted by Gasteiger charge is -2.03. The summed E-state index contributed by atoms with van der Waals surface area (Å²) in [5.41, 5.74) is 0.471. The maximum atomic E-state index is 10.5. The maximum absolute atomic E-state index is 10.5. The summed E-state index contributed by atoms with van der Waals surface area (Å²) in [6.45, 7) is 1.59. The fourth-order valence-corrected chi connectivity index (χ4v) is 1.07. The highest BCUT2D eigenvalue weighted by molar-refractivity contribution is 5.36. The van der Waals surface area contributed by atoms with Gasteiger partial charge in [-0.3, -0.25) is 15.1 Å². The van der Waals surface area contributed by atoms with Gasteiger partial charge in [0.1, 0.15) is 6.20 Å².